The molecule has 0 spiro atoms. The van der Waals surface area contributed by atoms with Crippen molar-refractivity contribution in [2.45, 2.75) is 32.2 Å². The molecule has 1 aromatic carbocycles. The van der Waals surface area contributed by atoms with Gasteiger partial charge in [0.1, 0.15) is 11.6 Å². The number of rotatable bonds is 6. The molecular weight excluding hydrogens is 413 g/mol. The van der Waals surface area contributed by atoms with Crippen molar-refractivity contribution in [3.05, 3.63) is 35.4 Å². The predicted molar refractivity (Wildman–Crippen MR) is 100 cm³/mol. The standard InChI is InChI=1S/C16H24F2N4.HI/c1-2-22-10-4-5-12(22)11-21-16(19)20-9-8-13-14(17)6-3-7-15(13)18;/h3,6-7,12H,2,4-5,8-11H2,1H3,(H3,19,20,21);1H. The third-order valence-electron chi connectivity index (χ3n) is 4.12. The molecule has 1 aliphatic heterocycles. The highest BCUT2D eigenvalue weighted by molar-refractivity contribution is 14.0. The fraction of sp³-hybridized carbons (Fsp3) is 0.562. The second kappa shape index (κ2) is 10.0. The lowest BCUT2D eigenvalue weighted by molar-refractivity contribution is 0.273. The molecule has 0 saturated carbocycles. The minimum Gasteiger partial charge on any atom is -0.370 e. The fourth-order valence-corrected chi connectivity index (χ4v) is 2.86. The summed E-state index contributed by atoms with van der Waals surface area (Å²) in [5, 5.41) is 2.92. The molecule has 1 saturated heterocycles. The van der Waals surface area contributed by atoms with Gasteiger partial charge in [0, 0.05) is 18.2 Å². The molecule has 0 amide bonds. The molecule has 0 aliphatic carbocycles. The van der Waals surface area contributed by atoms with Crippen LogP contribution in [0.4, 0.5) is 8.78 Å². The second-order valence-electron chi connectivity index (χ2n) is 5.53. The van der Waals surface area contributed by atoms with Gasteiger partial charge in [0.05, 0.1) is 6.54 Å². The first-order chi connectivity index (χ1) is 10.6. The van der Waals surface area contributed by atoms with E-state index >= 15 is 0 Å². The number of hydrogen-bond donors (Lipinski definition) is 2. The highest BCUT2D eigenvalue weighted by Crippen LogP contribution is 2.16. The van der Waals surface area contributed by atoms with Gasteiger partial charge in [0.2, 0.25) is 0 Å². The molecule has 130 valence electrons. The number of halogens is 3. The number of likely N-dealkylation sites (N-methyl/N-ethyl adjacent to an activating group) is 1. The van der Waals surface area contributed by atoms with Crippen LogP contribution < -0.4 is 11.1 Å². The van der Waals surface area contributed by atoms with E-state index in [9.17, 15) is 8.78 Å². The quantitative estimate of drug-likeness (QED) is 0.408. The number of aliphatic imine (C=N–C) groups is 1. The molecule has 7 heteroatoms. The first kappa shape index (κ1) is 20.1. The van der Waals surface area contributed by atoms with Crippen LogP contribution in [0.15, 0.2) is 23.2 Å². The van der Waals surface area contributed by atoms with E-state index in [1.165, 1.54) is 24.6 Å². The summed E-state index contributed by atoms with van der Waals surface area (Å²) in [6, 6.07) is 4.33. The topological polar surface area (TPSA) is 53.6 Å². The van der Waals surface area contributed by atoms with Crippen LogP contribution in [-0.4, -0.2) is 43.1 Å². The monoisotopic (exact) mass is 438 g/mol. The van der Waals surface area contributed by atoms with Crippen molar-refractivity contribution in [3.8, 4) is 0 Å². The Balaban J connectivity index is 0.00000264. The summed E-state index contributed by atoms with van der Waals surface area (Å²) in [7, 11) is 0. The van der Waals surface area contributed by atoms with Crippen molar-refractivity contribution in [2.24, 2.45) is 10.7 Å². The van der Waals surface area contributed by atoms with E-state index in [-0.39, 0.29) is 36.0 Å². The summed E-state index contributed by atoms with van der Waals surface area (Å²) in [4.78, 5) is 6.73. The van der Waals surface area contributed by atoms with E-state index in [4.69, 9.17) is 5.73 Å². The number of nitrogens with one attached hydrogen (secondary N) is 1. The molecule has 2 rings (SSSR count). The Hall–Kier alpha value is -0.960. The Morgan fingerprint density at radius 1 is 1.39 bits per heavy atom. The van der Waals surface area contributed by atoms with Gasteiger partial charge in [0.25, 0.3) is 0 Å². The van der Waals surface area contributed by atoms with Crippen molar-refractivity contribution in [2.75, 3.05) is 26.2 Å². The van der Waals surface area contributed by atoms with Gasteiger partial charge < -0.3 is 11.1 Å². The van der Waals surface area contributed by atoms with Crippen molar-refractivity contribution in [1.82, 2.24) is 10.2 Å². The van der Waals surface area contributed by atoms with Gasteiger partial charge in [-0.05, 0) is 44.5 Å². The molecule has 4 nitrogen and oxygen atoms in total. The van der Waals surface area contributed by atoms with Gasteiger partial charge in [-0.1, -0.05) is 13.0 Å². The molecule has 1 aliphatic rings. The molecule has 1 aromatic rings. The van der Waals surface area contributed by atoms with E-state index in [2.05, 4.69) is 22.1 Å². The Labute approximate surface area is 153 Å². The number of nitrogens with two attached hydrogens (primary N) is 1. The minimum atomic E-state index is -0.526. The molecule has 0 aromatic heterocycles. The smallest absolute Gasteiger partial charge is 0.188 e. The largest absolute Gasteiger partial charge is 0.370 e. The van der Waals surface area contributed by atoms with Crippen LogP contribution in [-0.2, 0) is 6.42 Å². The Kier molecular flexibility index (Phi) is 8.75. The molecule has 1 unspecified atom stereocenters. The maximum absolute atomic E-state index is 13.5. The van der Waals surface area contributed by atoms with E-state index in [0.29, 0.717) is 25.1 Å². The number of likely N-dealkylation sites (tertiary alicyclic amines) is 1. The summed E-state index contributed by atoms with van der Waals surface area (Å²) in [5.41, 5.74) is 5.89. The lowest BCUT2D eigenvalue weighted by atomic mass is 10.1. The van der Waals surface area contributed by atoms with Crippen LogP contribution in [0.25, 0.3) is 0 Å². The third-order valence-corrected chi connectivity index (χ3v) is 4.12. The summed E-state index contributed by atoms with van der Waals surface area (Å²) < 4.78 is 26.9. The highest BCUT2D eigenvalue weighted by Gasteiger charge is 2.22. The third kappa shape index (κ3) is 5.87. The van der Waals surface area contributed by atoms with Gasteiger partial charge in [-0.25, -0.2) is 8.78 Å². The van der Waals surface area contributed by atoms with Gasteiger partial charge in [-0.15, -0.1) is 24.0 Å². The van der Waals surface area contributed by atoms with Gasteiger partial charge in [-0.3, -0.25) is 9.89 Å². The van der Waals surface area contributed by atoms with Crippen LogP contribution in [0.2, 0.25) is 0 Å². The number of benzene rings is 1. The van der Waals surface area contributed by atoms with Crippen LogP contribution in [0.5, 0.6) is 0 Å². The molecule has 0 bridgehead atoms. The molecule has 0 radical (unpaired) electrons. The van der Waals surface area contributed by atoms with Crippen LogP contribution in [0.1, 0.15) is 25.3 Å². The lowest BCUT2D eigenvalue weighted by Crippen LogP contribution is -2.36. The van der Waals surface area contributed by atoms with Crippen LogP contribution >= 0.6 is 24.0 Å². The van der Waals surface area contributed by atoms with E-state index < -0.39 is 11.6 Å². The molecular formula is C16H25F2IN4. The Bertz CT molecular complexity index is 505. The van der Waals surface area contributed by atoms with Crippen molar-refractivity contribution < 1.29 is 8.78 Å². The van der Waals surface area contributed by atoms with E-state index in [0.717, 1.165) is 19.5 Å². The van der Waals surface area contributed by atoms with E-state index in [1.807, 2.05) is 0 Å². The van der Waals surface area contributed by atoms with E-state index in [1.54, 1.807) is 0 Å². The molecule has 1 fully saturated rings. The number of guanidine groups is 1. The summed E-state index contributed by atoms with van der Waals surface area (Å²) in [6.07, 6.45) is 2.58. The Morgan fingerprint density at radius 2 is 2.09 bits per heavy atom. The Morgan fingerprint density at radius 3 is 2.74 bits per heavy atom. The number of nitrogens with zero attached hydrogens (tertiary/aromatic N) is 2. The lowest BCUT2D eigenvalue weighted by Gasteiger charge is -2.20. The predicted octanol–water partition coefficient (Wildman–Crippen LogP) is 2.51. The molecule has 1 atom stereocenters. The average molecular weight is 438 g/mol. The zero-order valence-corrected chi connectivity index (χ0v) is 15.7. The maximum Gasteiger partial charge on any atom is 0.188 e. The summed E-state index contributed by atoms with van der Waals surface area (Å²) in [6.45, 7) is 5.32. The fourth-order valence-electron chi connectivity index (χ4n) is 2.86. The maximum atomic E-state index is 13.5. The van der Waals surface area contributed by atoms with Crippen LogP contribution in [0.3, 0.4) is 0 Å². The first-order valence-corrected chi connectivity index (χ1v) is 7.82. The van der Waals surface area contributed by atoms with Crippen LogP contribution in [0, 0.1) is 11.6 Å². The zero-order valence-electron chi connectivity index (χ0n) is 13.4. The number of hydrogen-bond acceptors (Lipinski definition) is 2. The molecule has 23 heavy (non-hydrogen) atoms. The van der Waals surface area contributed by atoms with Gasteiger partial charge >= 0.3 is 0 Å². The van der Waals surface area contributed by atoms with Crippen molar-refractivity contribution in [3.63, 3.8) is 0 Å². The normalized spacial score (nSPS) is 18.7. The van der Waals surface area contributed by atoms with Gasteiger partial charge in [-0.2, -0.15) is 0 Å². The summed E-state index contributed by atoms with van der Waals surface area (Å²) in [5.74, 6) is -0.719. The average Bonchev–Trinajstić information content (AvgIpc) is 2.95. The summed E-state index contributed by atoms with van der Waals surface area (Å²) >= 11 is 0. The first-order valence-electron chi connectivity index (χ1n) is 7.82. The van der Waals surface area contributed by atoms with Crippen molar-refractivity contribution in [1.29, 1.82) is 0 Å². The highest BCUT2D eigenvalue weighted by atomic mass is 127. The SMILES string of the molecule is CCN1CCCC1CN=C(N)NCCc1c(F)cccc1F.I. The zero-order chi connectivity index (χ0) is 15.9. The second-order valence-corrected chi connectivity index (χ2v) is 5.53. The van der Waals surface area contributed by atoms with Gasteiger partial charge in [0.15, 0.2) is 5.96 Å². The minimum absolute atomic E-state index is 0. The molecule has 1 heterocycles. The molecule has 3 N–H and O–H groups in total. The van der Waals surface area contributed by atoms with Crippen molar-refractivity contribution >= 4 is 29.9 Å².